The Bertz CT molecular complexity index is 427. The Kier molecular flexibility index (Phi) is 2.94. The monoisotopic (exact) mass is 269 g/mol. The zero-order chi connectivity index (χ0) is 12.6. The van der Waals surface area contributed by atoms with Gasteiger partial charge in [0.25, 0.3) is 5.82 Å². The quantitative estimate of drug-likeness (QED) is 0.725. The molecule has 0 N–H and O–H groups in total. The van der Waals surface area contributed by atoms with Crippen molar-refractivity contribution >= 4 is 17.5 Å². The van der Waals surface area contributed by atoms with Crippen molar-refractivity contribution < 1.29 is 18.0 Å². The van der Waals surface area contributed by atoms with Gasteiger partial charge in [-0.1, -0.05) is 0 Å². The molecule has 0 aliphatic carbocycles. The van der Waals surface area contributed by atoms with Crippen LogP contribution >= 0.6 is 11.6 Å². The summed E-state index contributed by atoms with van der Waals surface area (Å²) < 4.78 is 38.1. The Hall–Kier alpha value is -1.38. The second kappa shape index (κ2) is 4.13. The van der Waals surface area contributed by atoms with Gasteiger partial charge in [0.1, 0.15) is 5.88 Å². The molecule has 1 amide bonds. The van der Waals surface area contributed by atoms with Crippen LogP contribution in [0.5, 0.6) is 0 Å². The van der Waals surface area contributed by atoms with E-state index in [4.69, 9.17) is 11.6 Å². The number of tetrazole rings is 1. The molecule has 0 spiro atoms. The largest absolute Gasteiger partial charge is 0.453 e. The van der Waals surface area contributed by atoms with Crippen molar-refractivity contribution in [2.45, 2.75) is 12.2 Å². The molecule has 0 atom stereocenters. The number of nitrogens with zero attached hydrogens (tertiary/aromatic N) is 5. The fourth-order valence-electron chi connectivity index (χ4n) is 1.52. The van der Waals surface area contributed by atoms with Crippen LogP contribution in [0, 0.1) is 0 Å². The summed E-state index contributed by atoms with van der Waals surface area (Å²) >= 11 is 5.32. The molecule has 2 heterocycles. The number of carbonyl (C=O) groups is 1. The van der Waals surface area contributed by atoms with Gasteiger partial charge in [-0.05, 0) is 10.4 Å². The normalized spacial score (nSPS) is 17.1. The van der Waals surface area contributed by atoms with E-state index in [0.29, 0.717) is 4.68 Å². The second-order valence-corrected chi connectivity index (χ2v) is 3.80. The predicted molar refractivity (Wildman–Crippen MR) is 49.2 cm³/mol. The lowest BCUT2D eigenvalue weighted by atomic mass is 10.1. The van der Waals surface area contributed by atoms with Gasteiger partial charge in [0.05, 0.1) is 6.04 Å². The molecule has 6 nitrogen and oxygen atoms in total. The van der Waals surface area contributed by atoms with E-state index in [-0.39, 0.29) is 24.9 Å². The summed E-state index contributed by atoms with van der Waals surface area (Å²) in [6.45, 7) is 0.277. The molecule has 0 aromatic carbocycles. The molecule has 1 saturated heterocycles. The zero-order valence-electron chi connectivity index (χ0n) is 8.35. The standard InChI is InChI=1S/C7H7ClF3N5O/c8-1-5(17)15-2-4(3-15)16-6(7(9,10)11)12-13-14-16/h4H,1-3H2. The molecular formula is C7H7ClF3N5O. The first-order chi connectivity index (χ1) is 7.93. The fraction of sp³-hybridized carbons (Fsp3) is 0.714. The summed E-state index contributed by atoms with van der Waals surface area (Å²) in [5.74, 6) is -1.65. The zero-order valence-corrected chi connectivity index (χ0v) is 9.11. The maximum absolute atomic E-state index is 12.5. The summed E-state index contributed by atoms with van der Waals surface area (Å²) in [6.07, 6.45) is -4.60. The third kappa shape index (κ3) is 2.19. The van der Waals surface area contributed by atoms with Crippen LogP contribution in [-0.4, -0.2) is 50.0 Å². The molecular weight excluding hydrogens is 263 g/mol. The molecule has 1 aromatic rings. The number of halogens is 4. The highest BCUT2D eigenvalue weighted by Crippen LogP contribution is 2.30. The van der Waals surface area contributed by atoms with E-state index in [1.54, 1.807) is 0 Å². The van der Waals surface area contributed by atoms with Crippen LogP contribution in [0.4, 0.5) is 13.2 Å². The fourth-order valence-corrected chi connectivity index (χ4v) is 1.69. The van der Waals surface area contributed by atoms with Gasteiger partial charge in [0, 0.05) is 13.1 Å². The van der Waals surface area contributed by atoms with Gasteiger partial charge < -0.3 is 4.90 Å². The van der Waals surface area contributed by atoms with E-state index in [0.717, 1.165) is 0 Å². The van der Waals surface area contributed by atoms with Crippen molar-refractivity contribution in [2.75, 3.05) is 19.0 Å². The molecule has 1 aliphatic rings. The van der Waals surface area contributed by atoms with Gasteiger partial charge >= 0.3 is 6.18 Å². The van der Waals surface area contributed by atoms with Gasteiger partial charge in [0.2, 0.25) is 5.91 Å². The van der Waals surface area contributed by atoms with E-state index in [1.807, 2.05) is 0 Å². The van der Waals surface area contributed by atoms with Crippen molar-refractivity contribution in [3.05, 3.63) is 5.82 Å². The van der Waals surface area contributed by atoms with Gasteiger partial charge in [-0.2, -0.15) is 13.2 Å². The summed E-state index contributed by atoms with van der Waals surface area (Å²) in [5.41, 5.74) is 0. The van der Waals surface area contributed by atoms with Crippen LogP contribution in [0.3, 0.4) is 0 Å². The number of rotatable bonds is 2. The molecule has 1 fully saturated rings. The number of aromatic nitrogens is 4. The third-order valence-corrected chi connectivity index (χ3v) is 2.65. The van der Waals surface area contributed by atoms with Crippen LogP contribution in [0.25, 0.3) is 0 Å². The van der Waals surface area contributed by atoms with E-state index >= 15 is 0 Å². The average Bonchev–Trinajstić information content (AvgIpc) is 2.63. The molecule has 0 unspecified atom stereocenters. The minimum absolute atomic E-state index is 0.139. The highest BCUT2D eigenvalue weighted by molar-refractivity contribution is 6.27. The van der Waals surface area contributed by atoms with Crippen molar-refractivity contribution in [1.29, 1.82) is 0 Å². The van der Waals surface area contributed by atoms with Gasteiger partial charge in [0.15, 0.2) is 0 Å². The smallest absolute Gasteiger partial charge is 0.337 e. The van der Waals surface area contributed by atoms with E-state index < -0.39 is 18.0 Å². The molecule has 17 heavy (non-hydrogen) atoms. The van der Waals surface area contributed by atoms with Gasteiger partial charge in [-0.15, -0.1) is 16.7 Å². The van der Waals surface area contributed by atoms with Crippen LogP contribution in [-0.2, 0) is 11.0 Å². The maximum Gasteiger partial charge on any atom is 0.453 e. The summed E-state index contributed by atoms with van der Waals surface area (Å²) in [4.78, 5) is 12.4. The molecule has 2 rings (SSSR count). The predicted octanol–water partition coefficient (Wildman–Crippen LogP) is 0.314. The number of carbonyl (C=O) groups excluding carboxylic acids is 1. The lowest BCUT2D eigenvalue weighted by Gasteiger charge is -2.38. The first-order valence-corrected chi connectivity index (χ1v) is 5.15. The Labute approximate surface area is 98.3 Å². The van der Waals surface area contributed by atoms with E-state index in [9.17, 15) is 18.0 Å². The Balaban J connectivity index is 2.07. The lowest BCUT2D eigenvalue weighted by Crippen LogP contribution is -2.52. The number of alkyl halides is 4. The molecule has 0 bridgehead atoms. The highest BCUT2D eigenvalue weighted by atomic mass is 35.5. The van der Waals surface area contributed by atoms with Crippen molar-refractivity contribution in [1.82, 2.24) is 25.1 Å². The van der Waals surface area contributed by atoms with Crippen LogP contribution in [0.2, 0.25) is 0 Å². The lowest BCUT2D eigenvalue weighted by molar-refractivity contribution is -0.151. The second-order valence-electron chi connectivity index (χ2n) is 3.53. The summed E-state index contributed by atoms with van der Waals surface area (Å²) in [5, 5.41) is 9.21. The average molecular weight is 270 g/mol. The first kappa shape index (κ1) is 12.1. The molecule has 0 radical (unpaired) electrons. The number of likely N-dealkylation sites (tertiary alicyclic amines) is 1. The molecule has 0 saturated carbocycles. The van der Waals surface area contributed by atoms with Gasteiger partial charge in [-0.3, -0.25) is 4.79 Å². The Morgan fingerprint density at radius 1 is 1.47 bits per heavy atom. The van der Waals surface area contributed by atoms with Crippen molar-refractivity contribution in [3.8, 4) is 0 Å². The van der Waals surface area contributed by atoms with E-state index in [2.05, 4.69) is 15.5 Å². The number of amides is 1. The van der Waals surface area contributed by atoms with Crippen molar-refractivity contribution in [3.63, 3.8) is 0 Å². The summed E-state index contributed by atoms with van der Waals surface area (Å²) in [7, 11) is 0. The van der Waals surface area contributed by atoms with Gasteiger partial charge in [-0.25, -0.2) is 4.68 Å². The molecule has 1 aliphatic heterocycles. The number of hydrogen-bond donors (Lipinski definition) is 0. The first-order valence-electron chi connectivity index (χ1n) is 4.62. The Morgan fingerprint density at radius 3 is 2.65 bits per heavy atom. The maximum atomic E-state index is 12.5. The Morgan fingerprint density at radius 2 is 2.12 bits per heavy atom. The molecule has 94 valence electrons. The van der Waals surface area contributed by atoms with Crippen molar-refractivity contribution in [2.24, 2.45) is 0 Å². The third-order valence-electron chi connectivity index (χ3n) is 2.42. The van der Waals surface area contributed by atoms with Crippen LogP contribution < -0.4 is 0 Å². The van der Waals surface area contributed by atoms with E-state index in [1.165, 1.54) is 4.90 Å². The SMILES string of the molecule is O=C(CCl)N1CC(n2nnnc2C(F)(F)F)C1. The van der Waals surface area contributed by atoms with Crippen LogP contribution in [0.1, 0.15) is 11.9 Å². The molecule has 10 heteroatoms. The minimum atomic E-state index is -4.60. The minimum Gasteiger partial charge on any atom is -0.337 e. The highest BCUT2D eigenvalue weighted by Gasteiger charge is 2.42. The number of hydrogen-bond acceptors (Lipinski definition) is 4. The van der Waals surface area contributed by atoms with Crippen LogP contribution in [0.15, 0.2) is 0 Å². The molecule has 1 aromatic heterocycles. The summed E-state index contributed by atoms with van der Waals surface area (Å²) in [6, 6.07) is -0.547. The topological polar surface area (TPSA) is 63.9 Å².